The lowest BCUT2D eigenvalue weighted by atomic mass is 10.4. The summed E-state index contributed by atoms with van der Waals surface area (Å²) in [5.41, 5.74) is 0.109. The molecule has 0 atom stereocenters. The molecule has 0 unspecified atom stereocenters. The van der Waals surface area contributed by atoms with Gasteiger partial charge in [0.1, 0.15) is 10.8 Å². The Morgan fingerprint density at radius 2 is 2.27 bits per heavy atom. The van der Waals surface area contributed by atoms with E-state index in [9.17, 15) is 9.59 Å². The molecule has 1 fully saturated rings. The summed E-state index contributed by atoms with van der Waals surface area (Å²) in [4.78, 5) is 31.8. The second-order valence-corrected chi connectivity index (χ2v) is 3.57. The Hall–Kier alpha value is -1.49. The minimum atomic E-state index is -0.424. The monoisotopic (exact) mass is 225 g/mol. The molecule has 15 heavy (non-hydrogen) atoms. The first-order valence-corrected chi connectivity index (χ1v) is 4.88. The number of imide groups is 1. The number of rotatable bonds is 1. The van der Waals surface area contributed by atoms with Crippen LogP contribution in [0.3, 0.4) is 0 Å². The van der Waals surface area contributed by atoms with E-state index >= 15 is 0 Å². The molecule has 1 aliphatic heterocycles. The Labute approximate surface area is 91.1 Å². The smallest absolute Gasteiger partial charge is 0.277 e. The number of carbonyl (C=O) groups excluding carboxylic acids is 2. The Morgan fingerprint density at radius 3 is 2.87 bits per heavy atom. The van der Waals surface area contributed by atoms with Crippen molar-refractivity contribution >= 4 is 23.4 Å². The Kier molecular flexibility index (Phi) is 2.64. The standard InChI is InChI=1S/C9H8ClN3O2/c10-7-5-11-4-6(12-7)9(15)13-3-1-2-8(13)14/h4-5H,1-3H2. The van der Waals surface area contributed by atoms with Gasteiger partial charge in [0, 0.05) is 13.0 Å². The van der Waals surface area contributed by atoms with Gasteiger partial charge in [-0.15, -0.1) is 0 Å². The van der Waals surface area contributed by atoms with Crippen LogP contribution in [0.4, 0.5) is 0 Å². The molecule has 5 nitrogen and oxygen atoms in total. The van der Waals surface area contributed by atoms with Crippen molar-refractivity contribution in [3.8, 4) is 0 Å². The maximum absolute atomic E-state index is 11.8. The van der Waals surface area contributed by atoms with Gasteiger partial charge in [0.25, 0.3) is 5.91 Å². The third-order valence-electron chi connectivity index (χ3n) is 2.14. The second kappa shape index (κ2) is 3.94. The van der Waals surface area contributed by atoms with E-state index in [0.717, 1.165) is 0 Å². The minimum Gasteiger partial charge on any atom is -0.277 e. The molecule has 2 amide bonds. The van der Waals surface area contributed by atoms with Gasteiger partial charge < -0.3 is 0 Å². The molecule has 0 aromatic carbocycles. The van der Waals surface area contributed by atoms with Crippen LogP contribution in [-0.2, 0) is 4.79 Å². The van der Waals surface area contributed by atoms with Crippen LogP contribution in [0, 0.1) is 0 Å². The number of hydrogen-bond acceptors (Lipinski definition) is 4. The zero-order valence-electron chi connectivity index (χ0n) is 7.81. The number of halogens is 1. The highest BCUT2D eigenvalue weighted by Gasteiger charge is 2.28. The second-order valence-electron chi connectivity index (χ2n) is 3.18. The lowest BCUT2D eigenvalue weighted by Crippen LogP contribution is -2.32. The summed E-state index contributed by atoms with van der Waals surface area (Å²) in [6.45, 7) is 0.450. The molecular formula is C9H8ClN3O2. The van der Waals surface area contributed by atoms with Gasteiger partial charge >= 0.3 is 0 Å². The third kappa shape index (κ3) is 1.97. The lowest BCUT2D eigenvalue weighted by Gasteiger charge is -2.12. The first-order chi connectivity index (χ1) is 7.18. The molecule has 0 spiro atoms. The predicted octanol–water partition coefficient (Wildman–Crippen LogP) is 0.893. The molecule has 1 aromatic rings. The van der Waals surface area contributed by atoms with Gasteiger partial charge in [0.2, 0.25) is 5.91 Å². The molecule has 1 aliphatic rings. The van der Waals surface area contributed by atoms with Crippen molar-refractivity contribution in [1.29, 1.82) is 0 Å². The van der Waals surface area contributed by atoms with Gasteiger partial charge in [0.15, 0.2) is 0 Å². The van der Waals surface area contributed by atoms with Gasteiger partial charge in [-0.1, -0.05) is 11.6 Å². The van der Waals surface area contributed by atoms with Crippen LogP contribution in [0.25, 0.3) is 0 Å². The van der Waals surface area contributed by atoms with E-state index in [4.69, 9.17) is 11.6 Å². The quantitative estimate of drug-likeness (QED) is 0.666. The van der Waals surface area contributed by atoms with Crippen molar-refractivity contribution < 1.29 is 9.59 Å². The minimum absolute atomic E-state index is 0.109. The van der Waals surface area contributed by atoms with Crippen molar-refractivity contribution in [1.82, 2.24) is 14.9 Å². The molecule has 2 rings (SSSR count). The van der Waals surface area contributed by atoms with Crippen molar-refractivity contribution in [3.63, 3.8) is 0 Å². The Balaban J connectivity index is 2.24. The van der Waals surface area contributed by atoms with Crippen LogP contribution in [0.15, 0.2) is 12.4 Å². The molecule has 2 heterocycles. The topological polar surface area (TPSA) is 63.2 Å². The maximum Gasteiger partial charge on any atom is 0.280 e. The Bertz CT molecular complexity index is 422. The van der Waals surface area contributed by atoms with E-state index in [2.05, 4.69) is 9.97 Å². The summed E-state index contributed by atoms with van der Waals surface area (Å²) in [6, 6.07) is 0. The van der Waals surface area contributed by atoms with E-state index < -0.39 is 5.91 Å². The average molecular weight is 226 g/mol. The van der Waals surface area contributed by atoms with Crippen molar-refractivity contribution in [2.45, 2.75) is 12.8 Å². The zero-order valence-corrected chi connectivity index (χ0v) is 8.57. The fraction of sp³-hybridized carbons (Fsp3) is 0.333. The summed E-state index contributed by atoms with van der Waals surface area (Å²) >= 11 is 5.60. The van der Waals surface area contributed by atoms with Crippen LogP contribution < -0.4 is 0 Å². The molecule has 6 heteroatoms. The molecule has 1 aromatic heterocycles. The van der Waals surface area contributed by atoms with E-state index in [1.54, 1.807) is 0 Å². The molecule has 0 radical (unpaired) electrons. The van der Waals surface area contributed by atoms with Crippen LogP contribution in [0.5, 0.6) is 0 Å². The van der Waals surface area contributed by atoms with Crippen LogP contribution in [-0.4, -0.2) is 33.2 Å². The molecule has 0 aliphatic carbocycles. The fourth-order valence-electron chi connectivity index (χ4n) is 1.45. The van der Waals surface area contributed by atoms with Crippen molar-refractivity contribution in [2.24, 2.45) is 0 Å². The van der Waals surface area contributed by atoms with Crippen LogP contribution in [0.2, 0.25) is 5.15 Å². The van der Waals surface area contributed by atoms with E-state index in [1.807, 2.05) is 0 Å². The third-order valence-corrected chi connectivity index (χ3v) is 2.32. The van der Waals surface area contributed by atoms with Crippen LogP contribution in [0.1, 0.15) is 23.3 Å². The predicted molar refractivity (Wildman–Crippen MR) is 52.3 cm³/mol. The SMILES string of the molecule is O=C1CCCN1C(=O)c1cncc(Cl)n1. The summed E-state index contributed by atoms with van der Waals surface area (Å²) < 4.78 is 0. The summed E-state index contributed by atoms with van der Waals surface area (Å²) in [6.07, 6.45) is 3.77. The molecule has 78 valence electrons. The van der Waals surface area contributed by atoms with Gasteiger partial charge in [-0.2, -0.15) is 0 Å². The first-order valence-electron chi connectivity index (χ1n) is 4.51. The maximum atomic E-state index is 11.8. The summed E-state index contributed by atoms with van der Waals surface area (Å²) in [5, 5.41) is 0.146. The lowest BCUT2D eigenvalue weighted by molar-refractivity contribution is -0.125. The fourth-order valence-corrected chi connectivity index (χ4v) is 1.59. The average Bonchev–Trinajstić information content (AvgIpc) is 2.63. The van der Waals surface area contributed by atoms with Gasteiger partial charge in [-0.25, -0.2) is 4.98 Å². The van der Waals surface area contributed by atoms with Gasteiger partial charge in [-0.05, 0) is 6.42 Å². The zero-order chi connectivity index (χ0) is 10.8. The molecule has 0 bridgehead atoms. The number of likely N-dealkylation sites (tertiary alicyclic amines) is 1. The van der Waals surface area contributed by atoms with Gasteiger partial charge in [-0.3, -0.25) is 19.5 Å². The van der Waals surface area contributed by atoms with E-state index in [1.165, 1.54) is 17.3 Å². The highest BCUT2D eigenvalue weighted by molar-refractivity contribution is 6.29. The molecule has 0 saturated carbocycles. The van der Waals surface area contributed by atoms with Crippen LogP contribution >= 0.6 is 11.6 Å². The Morgan fingerprint density at radius 1 is 1.47 bits per heavy atom. The number of hydrogen-bond donors (Lipinski definition) is 0. The molecule has 0 N–H and O–H groups in total. The number of amides is 2. The number of aromatic nitrogens is 2. The van der Waals surface area contributed by atoms with E-state index in [-0.39, 0.29) is 16.8 Å². The molecular weight excluding hydrogens is 218 g/mol. The number of nitrogens with zero attached hydrogens (tertiary/aromatic N) is 3. The van der Waals surface area contributed by atoms with Gasteiger partial charge in [0.05, 0.1) is 12.4 Å². The number of carbonyl (C=O) groups is 2. The van der Waals surface area contributed by atoms with Crippen molar-refractivity contribution in [3.05, 3.63) is 23.2 Å². The van der Waals surface area contributed by atoms with E-state index in [0.29, 0.717) is 19.4 Å². The normalized spacial score (nSPS) is 15.8. The van der Waals surface area contributed by atoms with Crippen molar-refractivity contribution in [2.75, 3.05) is 6.54 Å². The highest BCUT2D eigenvalue weighted by atomic mass is 35.5. The highest BCUT2D eigenvalue weighted by Crippen LogP contribution is 2.13. The summed E-state index contributed by atoms with van der Waals surface area (Å²) in [5.74, 6) is -0.589. The molecule has 1 saturated heterocycles. The first kappa shape index (κ1) is 10.0. The summed E-state index contributed by atoms with van der Waals surface area (Å²) in [7, 11) is 0. The largest absolute Gasteiger partial charge is 0.280 e.